The van der Waals surface area contributed by atoms with Crippen LogP contribution in [0.1, 0.15) is 95.9 Å². The van der Waals surface area contributed by atoms with Gasteiger partial charge in [-0.2, -0.15) is 8.42 Å². The third-order valence-electron chi connectivity index (χ3n) is 6.11. The van der Waals surface area contributed by atoms with E-state index in [1.54, 1.807) is 0 Å². The molecule has 11 heteroatoms. The predicted molar refractivity (Wildman–Crippen MR) is 129 cm³/mol. The number of hydrogen-bond donors (Lipinski definition) is 2. The number of H-pyrrole nitrogens is 1. The van der Waals surface area contributed by atoms with Crippen LogP contribution in [0.15, 0.2) is 17.0 Å². The van der Waals surface area contributed by atoms with Crippen molar-refractivity contribution >= 4 is 31.3 Å². The summed E-state index contributed by atoms with van der Waals surface area (Å²) in [5, 5.41) is -1.08. The van der Waals surface area contributed by atoms with Gasteiger partial charge in [0.1, 0.15) is 15.9 Å². The summed E-state index contributed by atoms with van der Waals surface area (Å²) in [5.41, 5.74) is 1.18. The number of rotatable bonds is 16. The zero-order chi connectivity index (χ0) is 24.5. The maximum atomic E-state index is 11.8. The summed E-state index contributed by atoms with van der Waals surface area (Å²) in [5.74, 6) is 0.717. The molecule has 1 aromatic carbocycles. The number of aromatic amines is 1. The van der Waals surface area contributed by atoms with E-state index in [4.69, 9.17) is 0 Å². The fraction of sp³-hybridized carbons (Fsp3) is 0.696. The van der Waals surface area contributed by atoms with E-state index in [1.165, 1.54) is 70.4 Å². The monoisotopic (exact) mass is 540 g/mol. The molecular formula is C23H37KN2O6S2. The van der Waals surface area contributed by atoms with Gasteiger partial charge in [0.05, 0.1) is 21.2 Å². The van der Waals surface area contributed by atoms with Crippen LogP contribution >= 0.6 is 0 Å². The van der Waals surface area contributed by atoms with Gasteiger partial charge in [-0.25, -0.2) is 13.4 Å². The zero-order valence-electron chi connectivity index (χ0n) is 20.7. The minimum Gasteiger partial charge on any atom is -0.744 e. The van der Waals surface area contributed by atoms with E-state index in [0.29, 0.717) is 23.3 Å². The Labute approximate surface area is 247 Å². The van der Waals surface area contributed by atoms with E-state index >= 15 is 0 Å². The molecule has 34 heavy (non-hydrogen) atoms. The Morgan fingerprint density at radius 3 is 2.03 bits per heavy atom. The smallest absolute Gasteiger partial charge is 0.744 e. The van der Waals surface area contributed by atoms with Gasteiger partial charge in [0.25, 0.3) is 10.1 Å². The molecular weight excluding hydrogens is 503 g/mol. The van der Waals surface area contributed by atoms with Gasteiger partial charge < -0.3 is 9.54 Å². The molecule has 1 heterocycles. The van der Waals surface area contributed by atoms with Crippen molar-refractivity contribution in [1.29, 1.82) is 0 Å². The zero-order valence-corrected chi connectivity index (χ0v) is 25.4. The second-order valence-electron chi connectivity index (χ2n) is 8.87. The topological polar surface area (TPSA) is 140 Å². The van der Waals surface area contributed by atoms with Crippen molar-refractivity contribution in [2.75, 3.05) is 0 Å². The average Bonchev–Trinajstić information content (AvgIpc) is 3.14. The van der Waals surface area contributed by atoms with Crippen molar-refractivity contribution in [3.8, 4) is 0 Å². The van der Waals surface area contributed by atoms with Crippen molar-refractivity contribution in [2.24, 2.45) is 0 Å². The van der Waals surface area contributed by atoms with Crippen molar-refractivity contribution in [2.45, 2.75) is 107 Å². The number of aryl methyl sites for hydroxylation is 2. The molecule has 1 atom stereocenters. The summed E-state index contributed by atoms with van der Waals surface area (Å²) in [6.45, 7) is 3.56. The first-order valence-electron chi connectivity index (χ1n) is 12.0. The minimum absolute atomic E-state index is 0. The molecule has 0 aliphatic heterocycles. The molecule has 2 aromatic rings. The van der Waals surface area contributed by atoms with Crippen LogP contribution in [0.2, 0.25) is 0 Å². The van der Waals surface area contributed by atoms with Gasteiger partial charge in [0.15, 0.2) is 0 Å². The van der Waals surface area contributed by atoms with E-state index in [1.807, 2.05) is 0 Å². The molecule has 2 rings (SSSR count). The predicted octanol–water partition coefficient (Wildman–Crippen LogP) is 2.14. The molecule has 0 spiro atoms. The molecule has 188 valence electrons. The second kappa shape index (κ2) is 15.4. The maximum Gasteiger partial charge on any atom is 1.00 e. The molecule has 1 unspecified atom stereocenters. The van der Waals surface area contributed by atoms with Crippen LogP contribution in [0, 0.1) is 0 Å². The number of aromatic nitrogens is 2. The first kappa shape index (κ1) is 32.2. The SMILES string of the molecule is CCCCCCCCCCCCc1nc2c(CCC(C)S(=O)(=O)O)c(S(=O)(=O)[O-])ccc2[nH]1.[K+]. The molecule has 0 fully saturated rings. The molecule has 8 nitrogen and oxygen atoms in total. The molecule has 0 saturated heterocycles. The van der Waals surface area contributed by atoms with Crippen molar-refractivity contribution in [1.82, 2.24) is 9.97 Å². The number of nitrogens with zero attached hydrogens (tertiary/aromatic N) is 1. The maximum absolute atomic E-state index is 11.8. The van der Waals surface area contributed by atoms with E-state index < -0.39 is 30.4 Å². The fourth-order valence-corrected chi connectivity index (χ4v) is 5.19. The van der Waals surface area contributed by atoms with Crippen LogP contribution in [0.4, 0.5) is 0 Å². The van der Waals surface area contributed by atoms with Gasteiger partial charge >= 0.3 is 51.4 Å². The Morgan fingerprint density at radius 1 is 0.941 bits per heavy atom. The number of unbranched alkanes of at least 4 members (excludes halogenated alkanes) is 9. The van der Waals surface area contributed by atoms with E-state index in [2.05, 4.69) is 16.9 Å². The molecule has 0 aliphatic carbocycles. The summed E-state index contributed by atoms with van der Waals surface area (Å²) in [6, 6.07) is 2.76. The van der Waals surface area contributed by atoms with Gasteiger partial charge in [-0.05, 0) is 43.9 Å². The Balaban J connectivity index is 0.00000578. The number of benzene rings is 1. The summed E-state index contributed by atoms with van der Waals surface area (Å²) in [6.07, 6.45) is 12.9. The van der Waals surface area contributed by atoms with Crippen LogP contribution in [0.3, 0.4) is 0 Å². The van der Waals surface area contributed by atoms with Crippen molar-refractivity contribution in [3.63, 3.8) is 0 Å². The van der Waals surface area contributed by atoms with Gasteiger partial charge in [0.2, 0.25) is 0 Å². The molecule has 2 N–H and O–H groups in total. The molecule has 0 bridgehead atoms. The first-order chi connectivity index (χ1) is 15.5. The second-order valence-corrected chi connectivity index (χ2v) is 12.1. The van der Waals surface area contributed by atoms with Crippen LogP contribution < -0.4 is 51.4 Å². The van der Waals surface area contributed by atoms with Crippen LogP contribution in [-0.4, -0.2) is 41.2 Å². The largest absolute Gasteiger partial charge is 1.00 e. The van der Waals surface area contributed by atoms with E-state index in [9.17, 15) is 25.9 Å². The van der Waals surface area contributed by atoms with Gasteiger partial charge in [0, 0.05) is 6.42 Å². The number of hydrogen-bond acceptors (Lipinski definition) is 6. The van der Waals surface area contributed by atoms with Gasteiger partial charge in [-0.3, -0.25) is 4.55 Å². The summed E-state index contributed by atoms with van der Waals surface area (Å²) >= 11 is 0. The molecule has 0 radical (unpaired) electrons. The van der Waals surface area contributed by atoms with Crippen LogP contribution in [-0.2, 0) is 33.1 Å². The minimum atomic E-state index is -4.75. The Bertz CT molecular complexity index is 1100. The fourth-order valence-electron chi connectivity index (χ4n) is 4.04. The van der Waals surface area contributed by atoms with Crippen molar-refractivity contribution < 1.29 is 77.3 Å². The molecule has 0 amide bonds. The number of nitrogens with one attached hydrogen (secondary N) is 1. The summed E-state index contributed by atoms with van der Waals surface area (Å²) in [7, 11) is -9.01. The third kappa shape index (κ3) is 10.6. The van der Waals surface area contributed by atoms with Gasteiger partial charge in [-0.1, -0.05) is 64.7 Å². The molecule has 0 aliphatic rings. The van der Waals surface area contributed by atoms with Gasteiger partial charge in [-0.15, -0.1) is 0 Å². The van der Waals surface area contributed by atoms with E-state index in [-0.39, 0.29) is 69.8 Å². The third-order valence-corrected chi connectivity index (χ3v) is 8.29. The Kier molecular flexibility index (Phi) is 14.6. The number of imidazole rings is 1. The molecule has 0 saturated carbocycles. The van der Waals surface area contributed by atoms with Crippen LogP contribution in [0.25, 0.3) is 11.0 Å². The summed E-state index contributed by atoms with van der Waals surface area (Å²) in [4.78, 5) is 7.33. The molecule has 1 aromatic heterocycles. The normalized spacial score (nSPS) is 13.2. The number of fused-ring (bicyclic) bond motifs is 1. The average molecular weight is 541 g/mol. The van der Waals surface area contributed by atoms with E-state index in [0.717, 1.165) is 12.8 Å². The Hall–Kier alpha value is 0.146. The standard InChI is InChI=1S/C23H38N2O6S2.K/c1-3-4-5-6-7-8-9-10-11-12-13-22-24-20-16-17-21(33(29,30)31)19(23(20)25-22)15-14-18(2)32(26,27)28;/h16-18H,3-15H2,1-2H3,(H,24,25)(H,26,27,28)(H,29,30,31);/q;+1/p-1. The van der Waals surface area contributed by atoms with Crippen LogP contribution in [0.5, 0.6) is 0 Å². The van der Waals surface area contributed by atoms with Crippen molar-refractivity contribution in [3.05, 3.63) is 23.5 Å². The quantitative estimate of drug-likeness (QED) is 0.189. The summed E-state index contributed by atoms with van der Waals surface area (Å²) < 4.78 is 67.1. The first-order valence-corrected chi connectivity index (χ1v) is 14.9. The Morgan fingerprint density at radius 2 is 1.50 bits per heavy atom.